The molecule has 4 aromatic carbocycles. The van der Waals surface area contributed by atoms with E-state index in [1.165, 1.54) is 0 Å². The van der Waals surface area contributed by atoms with Crippen LogP contribution >= 0.6 is 11.6 Å². The van der Waals surface area contributed by atoms with Gasteiger partial charge in [-0.1, -0.05) is 83.8 Å². The molecule has 0 spiro atoms. The summed E-state index contributed by atoms with van der Waals surface area (Å²) in [4.78, 5) is 11.2. The molecule has 0 aliphatic heterocycles. The van der Waals surface area contributed by atoms with E-state index in [1.807, 2.05) is 54.6 Å². The maximum absolute atomic E-state index is 12.6. The van der Waals surface area contributed by atoms with Crippen LogP contribution in [-0.2, 0) is 6.42 Å². The number of carbonyl (C=O) groups is 1. The summed E-state index contributed by atoms with van der Waals surface area (Å²) in [6, 6.07) is 31.0. The first-order valence-corrected chi connectivity index (χ1v) is 11.0. The van der Waals surface area contributed by atoms with Gasteiger partial charge in [-0.3, -0.25) is 4.79 Å². The maximum atomic E-state index is 12.6. The van der Waals surface area contributed by atoms with Gasteiger partial charge in [-0.2, -0.15) is 10.4 Å². The molecular weight excluding hydrogens is 436 g/mol. The second-order valence-electron chi connectivity index (χ2n) is 7.71. The van der Waals surface area contributed by atoms with Gasteiger partial charge in [0.25, 0.3) is 0 Å². The van der Waals surface area contributed by atoms with E-state index < -0.39 is 4.92 Å². The summed E-state index contributed by atoms with van der Waals surface area (Å²) in [5, 5.41) is 21.4. The van der Waals surface area contributed by atoms with Crippen molar-refractivity contribution in [3.8, 4) is 11.1 Å². The number of nitrogens with one attached hydrogen (secondary N) is 1. The van der Waals surface area contributed by atoms with Crippen LogP contribution in [0.5, 0.6) is 0 Å². The van der Waals surface area contributed by atoms with Crippen molar-refractivity contribution in [3.05, 3.63) is 125 Å². The molecule has 4 rings (SSSR count). The van der Waals surface area contributed by atoms with E-state index in [9.17, 15) is 15.2 Å². The Morgan fingerprint density at radius 3 is 2.09 bits per heavy atom. The van der Waals surface area contributed by atoms with Gasteiger partial charge in [0.1, 0.15) is 0 Å². The van der Waals surface area contributed by atoms with E-state index in [4.69, 9.17) is 11.6 Å². The smallest absolute Gasteiger partial charge is 0.221 e. The zero-order chi connectivity index (χ0) is 23.3. The van der Waals surface area contributed by atoms with Crippen LogP contribution in [0.4, 0.5) is 5.69 Å². The maximum Gasteiger partial charge on any atom is 0.221 e. The highest BCUT2D eigenvalue weighted by Crippen LogP contribution is 2.24. The van der Waals surface area contributed by atoms with Crippen LogP contribution in [0.2, 0.25) is 5.02 Å². The van der Waals surface area contributed by atoms with Crippen molar-refractivity contribution >= 4 is 23.1 Å². The fourth-order valence-corrected chi connectivity index (χ4v) is 3.75. The fraction of sp³-hybridized carbons (Fsp3) is 0.0741. The molecule has 0 aromatic heterocycles. The van der Waals surface area contributed by atoms with Crippen LogP contribution in [0.15, 0.2) is 103 Å². The van der Waals surface area contributed by atoms with Crippen molar-refractivity contribution in [2.45, 2.75) is 6.42 Å². The molecule has 0 bridgehead atoms. The summed E-state index contributed by atoms with van der Waals surface area (Å²) >= 11 is 5.97. The molecule has 0 radical (unpaired) electrons. The lowest BCUT2D eigenvalue weighted by Gasteiger charge is -2.20. The Kier molecular flexibility index (Phi) is 6.99. The van der Waals surface area contributed by atoms with Gasteiger partial charge in [0, 0.05) is 28.3 Å². The van der Waals surface area contributed by atoms with E-state index in [0.717, 1.165) is 16.7 Å². The van der Waals surface area contributed by atoms with Gasteiger partial charge < -0.3 is 0 Å². The number of halogens is 1. The third-order valence-electron chi connectivity index (χ3n) is 5.38. The number of rotatable bonds is 8. The summed E-state index contributed by atoms with van der Waals surface area (Å²) in [5.41, 5.74) is 7.15. The van der Waals surface area contributed by atoms with Crippen LogP contribution in [0.1, 0.15) is 21.5 Å². The van der Waals surface area contributed by atoms with E-state index >= 15 is 0 Å². The number of nitrogens with zero attached hydrogens (tertiary/aromatic N) is 1. The van der Waals surface area contributed by atoms with Crippen LogP contribution in [0.25, 0.3) is 11.1 Å². The van der Waals surface area contributed by atoms with E-state index in [1.54, 1.807) is 48.5 Å². The quantitative estimate of drug-likeness (QED) is 0.170. The molecule has 0 unspecified atom stereocenters. The highest BCUT2D eigenvalue weighted by Gasteiger charge is 2.26. The van der Waals surface area contributed by atoms with Crippen molar-refractivity contribution in [3.63, 3.8) is 0 Å². The number of hydrogen-bond acceptors (Lipinski definition) is 4. The zero-order valence-electron chi connectivity index (χ0n) is 17.9. The summed E-state index contributed by atoms with van der Waals surface area (Å²) in [5.74, 6) is -0.0949. The van der Waals surface area contributed by atoms with Gasteiger partial charge >= 0.3 is 0 Å². The highest BCUT2D eigenvalue weighted by molar-refractivity contribution is 6.31. The highest BCUT2D eigenvalue weighted by atomic mass is 35.5. The van der Waals surface area contributed by atoms with E-state index in [0.29, 0.717) is 34.8 Å². The Bertz CT molecular complexity index is 1220. The van der Waals surface area contributed by atoms with E-state index in [2.05, 4.69) is 5.43 Å². The third-order valence-corrected chi connectivity index (χ3v) is 5.62. The first kappa shape index (κ1) is 22.9. The van der Waals surface area contributed by atoms with Gasteiger partial charge in [0.15, 0.2) is 5.78 Å². The molecule has 166 valence electrons. The van der Waals surface area contributed by atoms with Crippen LogP contribution in [0, 0.1) is 0 Å². The van der Waals surface area contributed by atoms with Crippen molar-refractivity contribution < 1.29 is 15.2 Å². The lowest BCUT2D eigenvalue weighted by Crippen LogP contribution is -2.55. The molecule has 6 heteroatoms. The van der Waals surface area contributed by atoms with Crippen molar-refractivity contribution in [2.24, 2.45) is 0 Å². The zero-order valence-corrected chi connectivity index (χ0v) is 18.6. The van der Waals surface area contributed by atoms with E-state index in [-0.39, 0.29) is 5.78 Å². The monoisotopic (exact) mass is 459 g/mol. The number of carbonyl (C=O) groups excluding carboxylic acids is 1. The van der Waals surface area contributed by atoms with Gasteiger partial charge in [-0.15, -0.1) is 0 Å². The topological polar surface area (TPSA) is 69.6 Å². The summed E-state index contributed by atoms with van der Waals surface area (Å²) in [7, 11) is 0. The Hall–Kier alpha value is -3.32. The van der Waals surface area contributed by atoms with Crippen LogP contribution < -0.4 is 10.3 Å². The Morgan fingerprint density at radius 2 is 1.42 bits per heavy atom. The fourth-order valence-electron chi connectivity index (χ4n) is 3.56. The average molecular weight is 460 g/mol. The second kappa shape index (κ2) is 10.1. The number of benzene rings is 4. The van der Waals surface area contributed by atoms with Crippen LogP contribution in [-0.4, -0.2) is 22.7 Å². The van der Waals surface area contributed by atoms with Crippen molar-refractivity contribution in [1.82, 2.24) is 10.3 Å². The molecule has 33 heavy (non-hydrogen) atoms. The lowest BCUT2D eigenvalue weighted by atomic mass is 10.0. The molecular formula is C27H24ClN2O3+. The Morgan fingerprint density at radius 1 is 0.758 bits per heavy atom. The standard InChI is InChI=1S/C27H24ClN2O3/c28-25-8-4-7-24(19-25)27(31)23-11-9-20(10-12-23)17-18-29-30(32,33)26-15-13-22(14-16-26)21-5-2-1-3-6-21/h1-16,19,29,32-33H,17-18H2/q+1. The van der Waals surface area contributed by atoms with Crippen molar-refractivity contribution in [1.29, 1.82) is 0 Å². The SMILES string of the molecule is O=C(c1ccc(CCN[N+](O)(O)c2ccc(-c3ccccc3)cc2)cc1)c1cccc(Cl)c1. The normalized spacial score (nSPS) is 11.4. The molecule has 0 aliphatic carbocycles. The molecule has 0 saturated carbocycles. The summed E-state index contributed by atoms with van der Waals surface area (Å²) in [6.07, 6.45) is 0.550. The third kappa shape index (κ3) is 5.73. The predicted molar refractivity (Wildman–Crippen MR) is 130 cm³/mol. The molecule has 3 N–H and O–H groups in total. The largest absolute Gasteiger partial charge is 0.289 e. The number of ketones is 1. The molecule has 0 saturated heterocycles. The molecule has 0 fully saturated rings. The van der Waals surface area contributed by atoms with Crippen LogP contribution in [0.3, 0.4) is 0 Å². The first-order chi connectivity index (χ1) is 15.9. The Balaban J connectivity index is 1.34. The Labute approximate surface area is 197 Å². The second-order valence-corrected chi connectivity index (χ2v) is 8.15. The molecule has 5 nitrogen and oxygen atoms in total. The average Bonchev–Trinajstić information content (AvgIpc) is 2.84. The summed E-state index contributed by atoms with van der Waals surface area (Å²) in [6.45, 7) is 0.315. The molecule has 0 aliphatic rings. The predicted octanol–water partition coefficient (Wildman–Crippen LogP) is 6.07. The van der Waals surface area contributed by atoms with Gasteiger partial charge in [-0.25, -0.2) is 0 Å². The number of quaternary nitrogens is 1. The number of hydrogen-bond donors (Lipinski definition) is 3. The van der Waals surface area contributed by atoms with Gasteiger partial charge in [0.05, 0.1) is 11.5 Å². The molecule has 4 aromatic rings. The molecule has 0 heterocycles. The van der Waals surface area contributed by atoms with Gasteiger partial charge in [0.2, 0.25) is 5.69 Å². The first-order valence-electron chi connectivity index (χ1n) is 10.6. The summed E-state index contributed by atoms with van der Waals surface area (Å²) < 4.78 is 0. The van der Waals surface area contributed by atoms with Crippen molar-refractivity contribution in [2.75, 3.05) is 6.54 Å². The molecule has 0 amide bonds. The minimum absolute atomic E-state index is 0.0949. The minimum Gasteiger partial charge on any atom is -0.289 e. The van der Waals surface area contributed by atoms with Gasteiger partial charge in [-0.05, 0) is 47.4 Å². The lowest BCUT2D eigenvalue weighted by molar-refractivity contribution is -0.324. The molecule has 0 atom stereocenters. The minimum atomic E-state index is -1.42.